The van der Waals surface area contributed by atoms with Crippen molar-refractivity contribution in [2.75, 3.05) is 13.1 Å². The molecule has 0 saturated heterocycles. The van der Waals surface area contributed by atoms with Crippen LogP contribution in [0.1, 0.15) is 30.9 Å². The number of pyridine rings is 1. The van der Waals surface area contributed by atoms with Crippen molar-refractivity contribution < 1.29 is 4.79 Å². The van der Waals surface area contributed by atoms with Crippen LogP contribution in [0.3, 0.4) is 0 Å². The zero-order valence-corrected chi connectivity index (χ0v) is 13.8. The maximum Gasteiger partial charge on any atom is 0.230 e. The molecule has 22 heavy (non-hydrogen) atoms. The summed E-state index contributed by atoms with van der Waals surface area (Å²) in [4.78, 5) is 18.8. The number of amides is 1. The minimum atomic E-state index is -0.195. The van der Waals surface area contributed by atoms with Crippen molar-refractivity contribution >= 4 is 17.5 Å². The quantitative estimate of drug-likeness (QED) is 0.809. The first kappa shape index (κ1) is 16.5. The number of nitrogens with zero attached hydrogens (tertiary/aromatic N) is 2. The van der Waals surface area contributed by atoms with E-state index in [0.717, 1.165) is 24.2 Å². The van der Waals surface area contributed by atoms with Gasteiger partial charge in [0.25, 0.3) is 0 Å². The Hall–Kier alpha value is -1.87. The summed E-state index contributed by atoms with van der Waals surface area (Å²) in [5.41, 5.74) is 2.11. The van der Waals surface area contributed by atoms with E-state index in [1.165, 1.54) is 0 Å². The molecule has 0 fully saturated rings. The van der Waals surface area contributed by atoms with Crippen LogP contribution in [0, 0.1) is 0 Å². The van der Waals surface area contributed by atoms with Crippen LogP contribution in [0.2, 0.25) is 5.02 Å². The third-order valence-electron chi connectivity index (χ3n) is 3.83. The van der Waals surface area contributed by atoms with Crippen molar-refractivity contribution in [3.63, 3.8) is 0 Å². The van der Waals surface area contributed by atoms with Gasteiger partial charge in [0.05, 0.1) is 5.92 Å². The summed E-state index contributed by atoms with van der Waals surface area (Å²) in [7, 11) is 0. The number of hydrogen-bond acceptors (Lipinski definition) is 2. The van der Waals surface area contributed by atoms with Gasteiger partial charge in [0, 0.05) is 30.5 Å². The fraction of sp³-hybridized carbons (Fsp3) is 0.333. The highest BCUT2D eigenvalue weighted by molar-refractivity contribution is 6.30. The van der Waals surface area contributed by atoms with Crippen LogP contribution in [0.4, 0.5) is 0 Å². The lowest BCUT2D eigenvalue weighted by atomic mass is 9.91. The van der Waals surface area contributed by atoms with E-state index in [9.17, 15) is 4.79 Å². The summed E-state index contributed by atoms with van der Waals surface area (Å²) >= 11 is 5.97. The highest BCUT2D eigenvalue weighted by atomic mass is 35.5. The van der Waals surface area contributed by atoms with Gasteiger partial charge in [0.15, 0.2) is 0 Å². The molecule has 1 amide bonds. The largest absolute Gasteiger partial charge is 0.343 e. The van der Waals surface area contributed by atoms with Crippen LogP contribution in [-0.2, 0) is 11.2 Å². The molecule has 0 saturated carbocycles. The van der Waals surface area contributed by atoms with E-state index in [0.29, 0.717) is 11.4 Å². The van der Waals surface area contributed by atoms with E-state index in [1.807, 2.05) is 55.1 Å². The molecule has 0 aliphatic carbocycles. The summed E-state index contributed by atoms with van der Waals surface area (Å²) in [6.45, 7) is 5.45. The van der Waals surface area contributed by atoms with E-state index in [2.05, 4.69) is 4.98 Å². The fourth-order valence-electron chi connectivity index (χ4n) is 2.55. The van der Waals surface area contributed by atoms with Gasteiger partial charge in [-0.05, 0) is 55.7 Å². The third kappa shape index (κ3) is 4.08. The molecule has 0 radical (unpaired) electrons. The van der Waals surface area contributed by atoms with E-state index in [4.69, 9.17) is 11.6 Å². The summed E-state index contributed by atoms with van der Waals surface area (Å²) in [5.74, 6) is -0.0382. The molecule has 0 aliphatic heterocycles. The molecule has 2 rings (SSSR count). The number of carbonyl (C=O) groups is 1. The molecular formula is C18H21ClN2O. The van der Waals surface area contributed by atoms with Gasteiger partial charge in [-0.2, -0.15) is 0 Å². The van der Waals surface area contributed by atoms with Crippen LogP contribution in [-0.4, -0.2) is 28.9 Å². The maximum absolute atomic E-state index is 12.9. The second-order valence-electron chi connectivity index (χ2n) is 5.17. The van der Waals surface area contributed by atoms with Gasteiger partial charge in [0.1, 0.15) is 0 Å². The molecule has 1 aromatic carbocycles. The van der Waals surface area contributed by atoms with Crippen molar-refractivity contribution in [2.45, 2.75) is 26.2 Å². The lowest BCUT2D eigenvalue weighted by Crippen LogP contribution is -2.35. The van der Waals surface area contributed by atoms with Crippen LogP contribution >= 0.6 is 11.6 Å². The van der Waals surface area contributed by atoms with Gasteiger partial charge < -0.3 is 4.90 Å². The second kappa shape index (κ2) is 7.95. The third-order valence-corrected chi connectivity index (χ3v) is 4.09. The van der Waals surface area contributed by atoms with Crippen molar-refractivity contribution in [3.8, 4) is 0 Å². The molecule has 4 heteroatoms. The topological polar surface area (TPSA) is 33.2 Å². The Morgan fingerprint density at radius 2 is 1.68 bits per heavy atom. The Labute approximate surface area is 136 Å². The van der Waals surface area contributed by atoms with Gasteiger partial charge in [-0.3, -0.25) is 9.78 Å². The normalized spacial score (nSPS) is 12.0. The first-order valence-corrected chi connectivity index (χ1v) is 7.96. The SMILES string of the molecule is CCN(CC)C(=O)C(Cc1ccncc1)c1ccc(Cl)cc1. The minimum Gasteiger partial charge on any atom is -0.343 e. The smallest absolute Gasteiger partial charge is 0.230 e. The number of rotatable bonds is 6. The molecule has 1 heterocycles. The standard InChI is InChI=1S/C18H21ClN2O/c1-3-21(4-2)18(22)17(13-14-9-11-20-12-10-14)15-5-7-16(19)8-6-15/h5-12,17H,3-4,13H2,1-2H3. The van der Waals surface area contributed by atoms with Gasteiger partial charge in [-0.15, -0.1) is 0 Å². The van der Waals surface area contributed by atoms with Crippen LogP contribution in [0.25, 0.3) is 0 Å². The molecule has 1 atom stereocenters. The van der Waals surface area contributed by atoms with Gasteiger partial charge in [-0.1, -0.05) is 23.7 Å². The Balaban J connectivity index is 2.31. The lowest BCUT2D eigenvalue weighted by molar-refractivity contribution is -0.132. The first-order chi connectivity index (χ1) is 10.7. The molecule has 1 unspecified atom stereocenters. The minimum absolute atomic E-state index is 0.157. The zero-order valence-electron chi connectivity index (χ0n) is 13.0. The molecular weight excluding hydrogens is 296 g/mol. The molecule has 2 aromatic rings. The molecule has 1 aromatic heterocycles. The highest BCUT2D eigenvalue weighted by Crippen LogP contribution is 2.25. The molecule has 0 N–H and O–H groups in total. The van der Waals surface area contributed by atoms with E-state index in [1.54, 1.807) is 12.4 Å². The summed E-state index contributed by atoms with van der Waals surface area (Å²) in [5, 5.41) is 0.682. The number of benzene rings is 1. The monoisotopic (exact) mass is 316 g/mol. The molecule has 0 spiro atoms. The van der Waals surface area contributed by atoms with E-state index in [-0.39, 0.29) is 11.8 Å². The van der Waals surface area contributed by atoms with Crippen molar-refractivity contribution in [1.82, 2.24) is 9.88 Å². The van der Waals surface area contributed by atoms with Crippen molar-refractivity contribution in [3.05, 3.63) is 64.9 Å². The van der Waals surface area contributed by atoms with Crippen molar-refractivity contribution in [2.24, 2.45) is 0 Å². The highest BCUT2D eigenvalue weighted by Gasteiger charge is 2.24. The molecule has 116 valence electrons. The Bertz CT molecular complexity index is 594. The molecule has 3 nitrogen and oxygen atoms in total. The number of likely N-dealkylation sites (N-methyl/N-ethyl adjacent to an activating group) is 1. The number of aromatic nitrogens is 1. The van der Waals surface area contributed by atoms with Gasteiger partial charge in [-0.25, -0.2) is 0 Å². The first-order valence-electron chi connectivity index (χ1n) is 7.58. The Kier molecular flexibility index (Phi) is 5.96. The summed E-state index contributed by atoms with van der Waals surface area (Å²) in [6.07, 6.45) is 4.19. The lowest BCUT2D eigenvalue weighted by Gasteiger charge is -2.25. The number of hydrogen-bond donors (Lipinski definition) is 0. The number of carbonyl (C=O) groups excluding carboxylic acids is 1. The summed E-state index contributed by atoms with van der Waals surface area (Å²) in [6, 6.07) is 11.5. The van der Waals surface area contributed by atoms with Crippen molar-refractivity contribution in [1.29, 1.82) is 0 Å². The van der Waals surface area contributed by atoms with E-state index >= 15 is 0 Å². The van der Waals surface area contributed by atoms with Crippen LogP contribution in [0.15, 0.2) is 48.8 Å². The second-order valence-corrected chi connectivity index (χ2v) is 5.61. The zero-order chi connectivity index (χ0) is 15.9. The van der Waals surface area contributed by atoms with Gasteiger partial charge in [0.2, 0.25) is 5.91 Å². The Morgan fingerprint density at radius 1 is 1.09 bits per heavy atom. The van der Waals surface area contributed by atoms with E-state index < -0.39 is 0 Å². The average Bonchev–Trinajstić information content (AvgIpc) is 2.55. The van der Waals surface area contributed by atoms with Gasteiger partial charge >= 0.3 is 0 Å². The predicted octanol–water partition coefficient (Wildman–Crippen LogP) is 3.93. The summed E-state index contributed by atoms with van der Waals surface area (Å²) < 4.78 is 0. The molecule has 0 aliphatic rings. The Morgan fingerprint density at radius 3 is 2.23 bits per heavy atom. The predicted molar refractivity (Wildman–Crippen MR) is 90.1 cm³/mol. The number of halogens is 1. The van der Waals surface area contributed by atoms with Crippen LogP contribution in [0.5, 0.6) is 0 Å². The fourth-order valence-corrected chi connectivity index (χ4v) is 2.68. The molecule has 0 bridgehead atoms. The average molecular weight is 317 g/mol. The van der Waals surface area contributed by atoms with Crippen LogP contribution < -0.4 is 0 Å². The maximum atomic E-state index is 12.9.